The largest absolute Gasteiger partial charge is 0.465 e. The van der Waals surface area contributed by atoms with E-state index in [2.05, 4.69) is 54.1 Å². The van der Waals surface area contributed by atoms with Crippen LogP contribution in [0.5, 0.6) is 0 Å². The summed E-state index contributed by atoms with van der Waals surface area (Å²) in [5.41, 5.74) is 5.37. The van der Waals surface area contributed by atoms with Gasteiger partial charge in [-0.25, -0.2) is 4.79 Å². The first-order valence-electron chi connectivity index (χ1n) is 8.43. The molecule has 1 aliphatic rings. The molecule has 0 N–H and O–H groups in total. The Kier molecular flexibility index (Phi) is 3.31. The highest BCUT2D eigenvalue weighted by Crippen LogP contribution is 2.49. The van der Waals surface area contributed by atoms with Crippen LogP contribution in [-0.4, -0.2) is 13.1 Å². The summed E-state index contributed by atoms with van der Waals surface area (Å²) in [5, 5.41) is 2.51. The minimum Gasteiger partial charge on any atom is -0.465 e. The molecule has 0 atom stereocenters. The van der Waals surface area contributed by atoms with Crippen LogP contribution in [0.25, 0.3) is 32.9 Å². The first-order chi connectivity index (χ1) is 12.7. The molecule has 3 nitrogen and oxygen atoms in total. The number of esters is 1. The highest BCUT2D eigenvalue weighted by Gasteiger charge is 2.27. The van der Waals surface area contributed by atoms with Gasteiger partial charge in [-0.05, 0) is 29.3 Å². The van der Waals surface area contributed by atoms with E-state index < -0.39 is 0 Å². The molecular formula is C22H16NO2S+. The minimum absolute atomic E-state index is 0.304. The number of hydrogen-bond acceptors (Lipinski definition) is 3. The van der Waals surface area contributed by atoms with E-state index in [0.717, 1.165) is 10.5 Å². The third-order valence-corrected chi connectivity index (χ3v) is 6.23. The van der Waals surface area contributed by atoms with E-state index in [4.69, 9.17) is 4.74 Å². The summed E-state index contributed by atoms with van der Waals surface area (Å²) < 4.78 is 7.14. The Balaban J connectivity index is 1.90. The van der Waals surface area contributed by atoms with Crippen LogP contribution in [0.2, 0.25) is 0 Å². The molecule has 0 radical (unpaired) electrons. The number of nitrogens with zero attached hydrogens (tertiary/aromatic N) is 1. The molecule has 0 unspecified atom stereocenters. The molecule has 1 aromatic heterocycles. The summed E-state index contributed by atoms with van der Waals surface area (Å²) in [6.07, 6.45) is 0. The Hall–Kier alpha value is -2.85. The molecule has 0 saturated carbocycles. The maximum absolute atomic E-state index is 12.0. The fourth-order valence-electron chi connectivity index (χ4n) is 3.80. The van der Waals surface area contributed by atoms with Crippen LogP contribution in [0.3, 0.4) is 0 Å². The smallest absolute Gasteiger partial charge is 0.337 e. The van der Waals surface area contributed by atoms with Gasteiger partial charge >= 0.3 is 5.97 Å². The molecule has 3 aromatic carbocycles. The highest BCUT2D eigenvalue weighted by atomic mass is 32.2. The molecule has 4 aromatic rings. The third-order valence-electron chi connectivity index (χ3n) is 5.05. The first-order valence-corrected chi connectivity index (χ1v) is 9.25. The predicted molar refractivity (Wildman–Crippen MR) is 104 cm³/mol. The Morgan fingerprint density at radius 2 is 1.77 bits per heavy atom. The molecule has 0 spiro atoms. The van der Waals surface area contributed by atoms with Crippen molar-refractivity contribution >= 4 is 39.5 Å². The molecule has 0 fully saturated rings. The molecule has 2 heterocycles. The SMILES string of the molecule is COC(=O)c1ccc2c(c1)Sc1c3ccccc3[n+](C)c3cccc-2c13. The number of pyridine rings is 1. The van der Waals surface area contributed by atoms with Gasteiger partial charge in [0.2, 0.25) is 11.0 Å². The van der Waals surface area contributed by atoms with Gasteiger partial charge in [-0.1, -0.05) is 42.1 Å². The van der Waals surface area contributed by atoms with Crippen molar-refractivity contribution in [3.63, 3.8) is 0 Å². The van der Waals surface area contributed by atoms with Crippen molar-refractivity contribution in [3.05, 3.63) is 66.2 Å². The zero-order chi connectivity index (χ0) is 17.8. The Bertz CT molecular complexity index is 1230. The van der Waals surface area contributed by atoms with Crippen LogP contribution in [0.4, 0.5) is 0 Å². The first kappa shape index (κ1) is 15.4. The zero-order valence-electron chi connectivity index (χ0n) is 14.4. The van der Waals surface area contributed by atoms with Gasteiger partial charge in [-0.15, -0.1) is 0 Å². The minimum atomic E-state index is -0.304. The predicted octanol–water partition coefficient (Wildman–Crippen LogP) is 4.74. The molecular weight excluding hydrogens is 342 g/mol. The third kappa shape index (κ3) is 2.02. The number of aryl methyl sites for hydroxylation is 1. The summed E-state index contributed by atoms with van der Waals surface area (Å²) in [5.74, 6) is -0.304. The van der Waals surface area contributed by atoms with E-state index in [-0.39, 0.29) is 5.97 Å². The number of fused-ring (bicyclic) bond motifs is 4. The van der Waals surface area contributed by atoms with E-state index in [0.29, 0.717) is 5.56 Å². The fourth-order valence-corrected chi connectivity index (χ4v) is 5.09. The number of methoxy groups -OCH3 is 1. The Morgan fingerprint density at radius 1 is 0.962 bits per heavy atom. The standard InChI is InChI=1S/C22H16NO2S/c1-23-17-8-4-3-6-16(17)21-20-15(7-5-9-18(20)23)14-11-10-13(22(24)25-2)12-19(14)26-21/h3-12H,1-2H3/q+1. The summed E-state index contributed by atoms with van der Waals surface area (Å²) in [7, 11) is 3.53. The van der Waals surface area contributed by atoms with Gasteiger partial charge in [0.15, 0.2) is 0 Å². The van der Waals surface area contributed by atoms with Crippen molar-refractivity contribution in [1.29, 1.82) is 0 Å². The van der Waals surface area contributed by atoms with Crippen LogP contribution < -0.4 is 4.57 Å². The van der Waals surface area contributed by atoms with Crippen molar-refractivity contribution < 1.29 is 14.1 Å². The number of carbonyl (C=O) groups excluding carboxylic acids is 1. The number of carbonyl (C=O) groups is 1. The average molecular weight is 358 g/mol. The normalized spacial score (nSPS) is 12.2. The van der Waals surface area contributed by atoms with Crippen molar-refractivity contribution in [1.82, 2.24) is 0 Å². The summed E-state index contributed by atoms with van der Waals surface area (Å²) >= 11 is 1.73. The van der Waals surface area contributed by atoms with E-state index in [1.54, 1.807) is 11.8 Å². The quantitative estimate of drug-likeness (QED) is 0.246. The Labute approximate surface area is 155 Å². The summed E-state index contributed by atoms with van der Waals surface area (Å²) in [6, 6.07) is 20.7. The second-order valence-electron chi connectivity index (χ2n) is 6.41. The lowest BCUT2D eigenvalue weighted by atomic mass is 9.97. The van der Waals surface area contributed by atoms with Crippen LogP contribution >= 0.6 is 11.8 Å². The van der Waals surface area contributed by atoms with Gasteiger partial charge in [0.1, 0.15) is 7.05 Å². The highest BCUT2D eigenvalue weighted by molar-refractivity contribution is 8.00. The molecule has 5 rings (SSSR count). The lowest BCUT2D eigenvalue weighted by molar-refractivity contribution is -0.617. The monoisotopic (exact) mass is 358 g/mol. The van der Waals surface area contributed by atoms with E-state index in [9.17, 15) is 4.79 Å². The van der Waals surface area contributed by atoms with Crippen LogP contribution in [0, 0.1) is 0 Å². The lowest BCUT2D eigenvalue weighted by Gasteiger charge is -2.21. The number of benzene rings is 3. The maximum atomic E-state index is 12.0. The molecule has 126 valence electrons. The van der Waals surface area contributed by atoms with Gasteiger partial charge in [0.25, 0.3) is 0 Å². The zero-order valence-corrected chi connectivity index (χ0v) is 15.3. The molecule has 0 aliphatic carbocycles. The van der Waals surface area contributed by atoms with E-state index >= 15 is 0 Å². The lowest BCUT2D eigenvalue weighted by Crippen LogP contribution is -2.30. The molecule has 0 amide bonds. The molecule has 0 saturated heterocycles. The van der Waals surface area contributed by atoms with Crippen molar-refractivity contribution in [3.8, 4) is 11.1 Å². The van der Waals surface area contributed by atoms with Crippen molar-refractivity contribution in [2.24, 2.45) is 7.05 Å². The fraction of sp³-hybridized carbons (Fsp3) is 0.0909. The van der Waals surface area contributed by atoms with Crippen molar-refractivity contribution in [2.75, 3.05) is 7.11 Å². The summed E-state index contributed by atoms with van der Waals surface area (Å²) in [4.78, 5) is 14.3. The van der Waals surface area contributed by atoms with Gasteiger partial charge in [-0.3, -0.25) is 0 Å². The average Bonchev–Trinajstić information content (AvgIpc) is 2.70. The van der Waals surface area contributed by atoms with Gasteiger partial charge < -0.3 is 4.74 Å². The summed E-state index contributed by atoms with van der Waals surface area (Å²) in [6.45, 7) is 0. The molecule has 4 heteroatoms. The van der Waals surface area contributed by atoms with E-state index in [1.807, 2.05) is 18.2 Å². The second-order valence-corrected chi connectivity index (χ2v) is 7.46. The molecule has 26 heavy (non-hydrogen) atoms. The van der Waals surface area contributed by atoms with E-state index in [1.165, 1.54) is 39.4 Å². The van der Waals surface area contributed by atoms with Crippen LogP contribution in [-0.2, 0) is 11.8 Å². The number of aromatic nitrogens is 1. The Morgan fingerprint density at radius 3 is 2.62 bits per heavy atom. The van der Waals surface area contributed by atoms with Gasteiger partial charge in [-0.2, -0.15) is 4.57 Å². The number of hydrogen-bond donors (Lipinski definition) is 0. The van der Waals surface area contributed by atoms with Crippen molar-refractivity contribution in [2.45, 2.75) is 9.79 Å². The molecule has 1 aliphatic heterocycles. The molecule has 0 bridgehead atoms. The van der Waals surface area contributed by atoms with Crippen LogP contribution in [0.1, 0.15) is 10.4 Å². The number of rotatable bonds is 1. The maximum Gasteiger partial charge on any atom is 0.337 e. The second kappa shape index (κ2) is 5.58. The number of ether oxygens (including phenoxy) is 1. The van der Waals surface area contributed by atoms with Crippen LogP contribution in [0.15, 0.2) is 70.5 Å². The van der Waals surface area contributed by atoms with Gasteiger partial charge in [0.05, 0.1) is 23.4 Å². The number of para-hydroxylation sites is 1. The topological polar surface area (TPSA) is 30.2 Å². The van der Waals surface area contributed by atoms with Gasteiger partial charge in [0, 0.05) is 21.9 Å².